The summed E-state index contributed by atoms with van der Waals surface area (Å²) in [6, 6.07) is 2.29. The van der Waals surface area contributed by atoms with Gasteiger partial charge < -0.3 is 9.80 Å². The summed E-state index contributed by atoms with van der Waals surface area (Å²) in [5.74, 6) is 2.29. The lowest BCUT2D eigenvalue weighted by Gasteiger charge is -2.27. The molecule has 1 aromatic heterocycles. The number of carbonyl (C=O) groups is 1. The first-order chi connectivity index (χ1) is 11.2. The summed E-state index contributed by atoms with van der Waals surface area (Å²) < 4.78 is 0. The van der Waals surface area contributed by atoms with Crippen LogP contribution in [0.5, 0.6) is 0 Å². The van der Waals surface area contributed by atoms with Crippen LogP contribution in [0, 0.1) is 24.7 Å². The largest absolute Gasteiger partial charge is 0.335 e. The maximum Gasteiger partial charge on any atom is 0.272 e. The molecule has 1 aliphatic rings. The number of hydrogen-bond donors (Lipinski definition) is 0. The van der Waals surface area contributed by atoms with Crippen molar-refractivity contribution in [1.82, 2.24) is 19.8 Å². The average Bonchev–Trinajstić information content (AvgIpc) is 2.90. The van der Waals surface area contributed by atoms with Gasteiger partial charge in [-0.25, -0.2) is 9.97 Å². The Morgan fingerprint density at radius 3 is 2.42 bits per heavy atom. The van der Waals surface area contributed by atoms with E-state index in [1.165, 1.54) is 0 Å². The van der Waals surface area contributed by atoms with Crippen LogP contribution in [0.15, 0.2) is 6.07 Å². The fourth-order valence-corrected chi connectivity index (χ4v) is 3.60. The van der Waals surface area contributed by atoms with Gasteiger partial charge in [-0.2, -0.15) is 0 Å². The number of carbonyl (C=O) groups excluding carboxylic acids is 1. The molecule has 2 rings (SSSR count). The molecule has 1 saturated heterocycles. The molecule has 1 amide bonds. The molecule has 1 aliphatic heterocycles. The number of likely N-dealkylation sites (tertiary alicyclic amines) is 1. The minimum Gasteiger partial charge on any atom is -0.335 e. The molecule has 5 heteroatoms. The summed E-state index contributed by atoms with van der Waals surface area (Å²) >= 11 is 0. The Kier molecular flexibility index (Phi) is 5.97. The third-order valence-electron chi connectivity index (χ3n) is 4.87. The number of likely N-dealkylation sites (N-methyl/N-ethyl adjacent to an activating group) is 1. The molecule has 0 saturated carbocycles. The Hall–Kier alpha value is -1.49. The van der Waals surface area contributed by atoms with E-state index in [0.717, 1.165) is 25.2 Å². The van der Waals surface area contributed by atoms with E-state index in [2.05, 4.69) is 56.7 Å². The van der Waals surface area contributed by atoms with Crippen molar-refractivity contribution in [3.8, 4) is 0 Å². The van der Waals surface area contributed by atoms with Crippen molar-refractivity contribution in [2.45, 2.75) is 47.1 Å². The summed E-state index contributed by atoms with van der Waals surface area (Å²) in [7, 11) is 4.20. The van der Waals surface area contributed by atoms with Gasteiger partial charge >= 0.3 is 0 Å². The minimum atomic E-state index is 0.0421. The van der Waals surface area contributed by atoms with Crippen molar-refractivity contribution in [1.29, 1.82) is 0 Å². The molecule has 134 valence electrons. The summed E-state index contributed by atoms with van der Waals surface area (Å²) in [4.78, 5) is 26.1. The maximum absolute atomic E-state index is 13.0. The first-order valence-corrected chi connectivity index (χ1v) is 8.99. The van der Waals surface area contributed by atoms with Gasteiger partial charge in [-0.05, 0) is 51.3 Å². The van der Waals surface area contributed by atoms with Gasteiger partial charge in [-0.15, -0.1) is 0 Å². The van der Waals surface area contributed by atoms with Gasteiger partial charge in [0.05, 0.1) is 0 Å². The molecule has 5 nitrogen and oxygen atoms in total. The van der Waals surface area contributed by atoms with Crippen molar-refractivity contribution < 1.29 is 4.79 Å². The van der Waals surface area contributed by atoms with Crippen molar-refractivity contribution >= 4 is 5.91 Å². The predicted molar refractivity (Wildman–Crippen MR) is 97.0 cm³/mol. The van der Waals surface area contributed by atoms with E-state index in [1.54, 1.807) is 0 Å². The monoisotopic (exact) mass is 332 g/mol. The summed E-state index contributed by atoms with van der Waals surface area (Å²) in [6.07, 6.45) is 0.874. The second-order valence-corrected chi connectivity index (χ2v) is 8.04. The zero-order valence-electron chi connectivity index (χ0n) is 16.2. The number of amides is 1. The predicted octanol–water partition coefficient (Wildman–Crippen LogP) is 2.64. The van der Waals surface area contributed by atoms with Crippen LogP contribution in [-0.2, 0) is 6.42 Å². The highest BCUT2D eigenvalue weighted by atomic mass is 16.2. The molecular weight excluding hydrogens is 300 g/mol. The summed E-state index contributed by atoms with van der Waals surface area (Å²) in [5, 5.41) is 0. The lowest BCUT2D eigenvalue weighted by Crippen LogP contribution is -2.37. The molecule has 1 fully saturated rings. The van der Waals surface area contributed by atoms with Crippen molar-refractivity contribution in [3.05, 3.63) is 23.3 Å². The lowest BCUT2D eigenvalue weighted by molar-refractivity contribution is 0.0773. The fourth-order valence-electron chi connectivity index (χ4n) is 3.60. The highest BCUT2D eigenvalue weighted by molar-refractivity contribution is 5.92. The van der Waals surface area contributed by atoms with Crippen molar-refractivity contribution in [3.63, 3.8) is 0 Å². The zero-order chi connectivity index (χ0) is 18.0. The number of hydrogen-bond acceptors (Lipinski definition) is 4. The molecule has 0 aliphatic carbocycles. The third kappa shape index (κ3) is 4.32. The van der Waals surface area contributed by atoms with E-state index < -0.39 is 0 Å². The zero-order valence-corrected chi connectivity index (χ0v) is 16.2. The summed E-state index contributed by atoms with van der Waals surface area (Å²) in [6.45, 7) is 12.3. The molecular formula is C19H32N4O. The third-order valence-corrected chi connectivity index (χ3v) is 4.87. The van der Waals surface area contributed by atoms with Gasteiger partial charge in [-0.1, -0.05) is 27.7 Å². The van der Waals surface area contributed by atoms with Gasteiger partial charge in [0.15, 0.2) is 0 Å². The van der Waals surface area contributed by atoms with Crippen LogP contribution < -0.4 is 0 Å². The molecule has 0 unspecified atom stereocenters. The number of aryl methyl sites for hydroxylation is 1. The number of nitrogens with zero attached hydrogens (tertiary/aromatic N) is 4. The van der Waals surface area contributed by atoms with Gasteiger partial charge in [0.1, 0.15) is 11.5 Å². The smallest absolute Gasteiger partial charge is 0.272 e. The minimum absolute atomic E-state index is 0.0421. The van der Waals surface area contributed by atoms with Crippen LogP contribution in [0.1, 0.15) is 49.7 Å². The average molecular weight is 332 g/mol. The van der Waals surface area contributed by atoms with E-state index in [9.17, 15) is 4.79 Å². The first-order valence-electron chi connectivity index (χ1n) is 8.99. The molecule has 0 spiro atoms. The maximum atomic E-state index is 13.0. The Morgan fingerprint density at radius 2 is 1.92 bits per heavy atom. The second kappa shape index (κ2) is 7.60. The fraction of sp³-hybridized carbons (Fsp3) is 0.737. The van der Waals surface area contributed by atoms with Gasteiger partial charge in [0, 0.05) is 24.8 Å². The molecule has 0 radical (unpaired) electrons. The van der Waals surface area contributed by atoms with Crippen LogP contribution in [-0.4, -0.2) is 58.9 Å². The Balaban J connectivity index is 2.21. The van der Waals surface area contributed by atoms with Crippen LogP contribution >= 0.6 is 0 Å². The van der Waals surface area contributed by atoms with Crippen molar-refractivity contribution in [2.24, 2.45) is 17.8 Å². The highest BCUT2D eigenvalue weighted by Crippen LogP contribution is 2.28. The van der Waals surface area contributed by atoms with Crippen molar-refractivity contribution in [2.75, 3.05) is 27.2 Å². The lowest BCUT2D eigenvalue weighted by atomic mass is 9.91. The van der Waals surface area contributed by atoms with E-state index in [0.29, 0.717) is 35.3 Å². The van der Waals surface area contributed by atoms with Crippen LogP contribution in [0.3, 0.4) is 0 Å². The van der Waals surface area contributed by atoms with Crippen LogP contribution in [0.25, 0.3) is 0 Å². The van der Waals surface area contributed by atoms with Crippen LogP contribution in [0.2, 0.25) is 0 Å². The van der Waals surface area contributed by atoms with E-state index >= 15 is 0 Å². The molecule has 0 aromatic carbocycles. The molecule has 0 N–H and O–H groups in total. The number of rotatable bonds is 5. The Labute approximate surface area is 146 Å². The Morgan fingerprint density at radius 1 is 1.25 bits per heavy atom. The quantitative estimate of drug-likeness (QED) is 0.832. The SMILES string of the molecule is Cc1nc(CC(C)C)cc(C(=O)N2C[C@@H](N(C)C)[C@H](C(C)C)C2)n1. The summed E-state index contributed by atoms with van der Waals surface area (Å²) in [5.41, 5.74) is 1.50. The topological polar surface area (TPSA) is 49.3 Å². The molecule has 2 atom stereocenters. The standard InChI is InChI=1S/C19H32N4O/c1-12(2)8-15-9-17(21-14(5)20-15)19(24)23-10-16(13(3)4)18(11-23)22(6)7/h9,12-13,16,18H,8,10-11H2,1-7H3/t16-,18+/m0/s1. The second-order valence-electron chi connectivity index (χ2n) is 8.04. The first kappa shape index (κ1) is 18.8. The van der Waals surface area contributed by atoms with Gasteiger partial charge in [0.2, 0.25) is 0 Å². The van der Waals surface area contributed by atoms with E-state index in [4.69, 9.17) is 0 Å². The van der Waals surface area contributed by atoms with E-state index in [-0.39, 0.29) is 5.91 Å². The van der Waals surface area contributed by atoms with Crippen LogP contribution in [0.4, 0.5) is 0 Å². The number of aromatic nitrogens is 2. The molecule has 2 heterocycles. The molecule has 1 aromatic rings. The molecule has 0 bridgehead atoms. The molecule has 24 heavy (non-hydrogen) atoms. The Bertz CT molecular complexity index is 567. The normalized spacial score (nSPS) is 21.3. The highest BCUT2D eigenvalue weighted by Gasteiger charge is 2.38. The van der Waals surface area contributed by atoms with Gasteiger partial charge in [0.25, 0.3) is 5.91 Å². The van der Waals surface area contributed by atoms with E-state index in [1.807, 2.05) is 17.9 Å². The van der Waals surface area contributed by atoms with Gasteiger partial charge in [-0.3, -0.25) is 4.79 Å².